The molecule has 202 valence electrons. The van der Waals surface area contributed by atoms with Crippen LogP contribution in [0.5, 0.6) is 5.75 Å². The lowest BCUT2D eigenvalue weighted by Gasteiger charge is -2.16. The zero-order chi connectivity index (χ0) is 27.9. The van der Waals surface area contributed by atoms with Crippen molar-refractivity contribution in [2.45, 2.75) is 33.3 Å². The predicted molar refractivity (Wildman–Crippen MR) is 135 cm³/mol. The van der Waals surface area contributed by atoms with E-state index in [1.165, 1.54) is 62.6 Å². The molecule has 0 radical (unpaired) electrons. The van der Waals surface area contributed by atoms with E-state index in [4.69, 9.17) is 4.74 Å². The molecular weight excluding hydrogens is 565 g/mol. The van der Waals surface area contributed by atoms with Gasteiger partial charge in [-0.3, -0.25) is 0 Å². The number of methoxy groups -OCH3 is 1. The highest BCUT2D eigenvalue weighted by Gasteiger charge is 2.38. The van der Waals surface area contributed by atoms with Crippen molar-refractivity contribution in [3.8, 4) is 5.75 Å². The summed E-state index contributed by atoms with van der Waals surface area (Å²) in [7, 11) is -10.7. The number of hydrogen-bond acceptors (Lipinski definition) is 6. The molecule has 4 rings (SSSR count). The van der Waals surface area contributed by atoms with E-state index in [0.29, 0.717) is 11.1 Å². The summed E-state index contributed by atoms with van der Waals surface area (Å²) < 4.78 is 112. The molecule has 14 heteroatoms. The van der Waals surface area contributed by atoms with Gasteiger partial charge in [-0.05, 0) is 61.0 Å². The molecule has 0 fully saturated rings. The minimum atomic E-state index is -4.96. The minimum Gasteiger partial charge on any atom is -0.497 e. The van der Waals surface area contributed by atoms with Gasteiger partial charge in [-0.2, -0.15) is 13.2 Å². The number of fused-ring (bicyclic) bond motifs is 1. The fraction of sp³-hybridized carbons (Fsp3) is 0.167. The van der Waals surface area contributed by atoms with Crippen LogP contribution < -0.4 is 9.46 Å². The first-order chi connectivity index (χ1) is 17.8. The van der Waals surface area contributed by atoms with Crippen LogP contribution in [-0.2, 0) is 30.8 Å². The molecule has 0 aliphatic carbocycles. The Bertz CT molecular complexity index is 1720. The second-order valence-electron chi connectivity index (χ2n) is 8.11. The highest BCUT2D eigenvalue weighted by Crippen LogP contribution is 2.33. The summed E-state index contributed by atoms with van der Waals surface area (Å²) in [6.07, 6.45) is 0. The van der Waals surface area contributed by atoms with Gasteiger partial charge in [0, 0.05) is 11.4 Å². The van der Waals surface area contributed by atoms with Crippen molar-refractivity contribution in [2.75, 3.05) is 7.11 Å². The van der Waals surface area contributed by atoms with Crippen molar-refractivity contribution >= 4 is 41.7 Å². The Morgan fingerprint density at radius 1 is 0.895 bits per heavy atom. The smallest absolute Gasteiger partial charge is 0.485 e. The number of benzene rings is 3. The highest BCUT2D eigenvalue weighted by molar-refractivity contribution is 7.93. The van der Waals surface area contributed by atoms with Gasteiger partial charge in [0.05, 0.1) is 22.4 Å². The molecule has 0 saturated heterocycles. The average molecular weight is 587 g/mol. The molecule has 1 aromatic heterocycles. The number of ether oxygens (including phenoxy) is 1. The van der Waals surface area contributed by atoms with Crippen molar-refractivity contribution < 1.29 is 39.0 Å². The fourth-order valence-corrected chi connectivity index (χ4v) is 7.66. The van der Waals surface area contributed by atoms with Gasteiger partial charge < -0.3 is 4.74 Å². The second-order valence-corrected chi connectivity index (χ2v) is 13.0. The summed E-state index contributed by atoms with van der Waals surface area (Å²) in [5.41, 5.74) is -4.57. The van der Waals surface area contributed by atoms with E-state index in [2.05, 4.69) is 0 Å². The van der Waals surface area contributed by atoms with E-state index in [9.17, 15) is 34.2 Å². The molecule has 0 aliphatic heterocycles. The number of halogens is 3. The summed E-state index contributed by atoms with van der Waals surface area (Å²) in [6, 6.07) is 16.8. The van der Waals surface area contributed by atoms with Gasteiger partial charge >= 0.3 is 5.51 Å². The first-order valence-electron chi connectivity index (χ1n) is 10.9. The molecule has 38 heavy (non-hydrogen) atoms. The normalized spacial score (nSPS) is 14.3. The third kappa shape index (κ3) is 5.21. The maximum Gasteiger partial charge on any atom is 0.485 e. The molecule has 3 aromatic carbocycles. The molecular formula is C24H21F3N2O6S3. The molecule has 0 spiro atoms. The van der Waals surface area contributed by atoms with Gasteiger partial charge in [0.2, 0.25) is 9.84 Å². The molecule has 0 saturated carbocycles. The van der Waals surface area contributed by atoms with Crippen molar-refractivity contribution in [3.05, 3.63) is 84.4 Å². The van der Waals surface area contributed by atoms with Crippen LogP contribution in [0.3, 0.4) is 0 Å². The van der Waals surface area contributed by atoms with Crippen molar-refractivity contribution in [1.29, 1.82) is 0 Å². The Balaban J connectivity index is 1.79. The van der Waals surface area contributed by atoms with Gasteiger partial charge in [-0.15, -0.1) is 0 Å². The van der Waals surface area contributed by atoms with E-state index in [0.717, 1.165) is 16.1 Å². The Labute approximate surface area is 219 Å². The zero-order valence-electron chi connectivity index (χ0n) is 19.8. The molecule has 1 heterocycles. The second kappa shape index (κ2) is 10.2. The number of rotatable bonds is 8. The quantitative estimate of drug-likeness (QED) is 0.324. The molecule has 0 bridgehead atoms. The SMILES string of the molecule is COc1ccc(S(=O)(=O)n2c(S(=O)(=O)c3ccc([C@H](C)NS(=O)C(F)(F)F)cc3)cc3ccccc32)cc1. The average Bonchev–Trinajstić information content (AvgIpc) is 3.30. The molecule has 0 aliphatic rings. The van der Waals surface area contributed by atoms with E-state index in [1.54, 1.807) is 18.2 Å². The molecule has 1 N–H and O–H groups in total. The van der Waals surface area contributed by atoms with Crippen LogP contribution in [0.25, 0.3) is 10.9 Å². The third-order valence-electron chi connectivity index (χ3n) is 5.69. The molecule has 1 unspecified atom stereocenters. The maximum absolute atomic E-state index is 13.7. The van der Waals surface area contributed by atoms with Crippen molar-refractivity contribution in [3.63, 3.8) is 0 Å². The Kier molecular flexibility index (Phi) is 7.45. The lowest BCUT2D eigenvalue weighted by Crippen LogP contribution is -2.32. The summed E-state index contributed by atoms with van der Waals surface area (Å²) in [5, 5.41) is -0.140. The predicted octanol–water partition coefficient (Wildman–Crippen LogP) is 4.55. The first kappa shape index (κ1) is 27.8. The van der Waals surface area contributed by atoms with Crippen LogP contribution in [0.15, 0.2) is 93.7 Å². The number of nitrogens with zero attached hydrogens (tertiary/aromatic N) is 1. The summed E-state index contributed by atoms with van der Waals surface area (Å²) in [4.78, 5) is -0.441. The zero-order valence-corrected chi connectivity index (χ0v) is 22.3. The van der Waals surface area contributed by atoms with E-state index >= 15 is 0 Å². The summed E-state index contributed by atoms with van der Waals surface area (Å²) in [6.45, 7) is 1.34. The van der Waals surface area contributed by atoms with E-state index in [1.807, 2.05) is 4.72 Å². The number of alkyl halides is 3. The molecule has 4 aromatic rings. The fourth-order valence-electron chi connectivity index (χ4n) is 3.74. The largest absolute Gasteiger partial charge is 0.497 e. The van der Waals surface area contributed by atoms with Gasteiger partial charge in [0.25, 0.3) is 10.0 Å². The first-order valence-corrected chi connectivity index (χ1v) is 14.9. The van der Waals surface area contributed by atoms with Gasteiger partial charge in [0.15, 0.2) is 16.0 Å². The van der Waals surface area contributed by atoms with Crippen LogP contribution in [0.1, 0.15) is 18.5 Å². The number of hydrogen-bond donors (Lipinski definition) is 1. The van der Waals surface area contributed by atoms with Gasteiger partial charge in [-0.25, -0.2) is 29.7 Å². The minimum absolute atomic E-state index is 0.144. The Morgan fingerprint density at radius 3 is 2.05 bits per heavy atom. The maximum atomic E-state index is 13.7. The monoisotopic (exact) mass is 586 g/mol. The van der Waals surface area contributed by atoms with Crippen molar-refractivity contribution in [2.24, 2.45) is 0 Å². The topological polar surface area (TPSA) is 112 Å². The number of nitrogens with one attached hydrogen (secondary N) is 1. The van der Waals surface area contributed by atoms with Crippen LogP contribution in [0, 0.1) is 0 Å². The third-order valence-corrected chi connectivity index (χ3v) is 10.3. The highest BCUT2D eigenvalue weighted by atomic mass is 32.2. The van der Waals surface area contributed by atoms with Crippen LogP contribution in [0.2, 0.25) is 0 Å². The lowest BCUT2D eigenvalue weighted by atomic mass is 10.1. The number of para-hydroxylation sites is 1. The Morgan fingerprint density at radius 2 is 1.47 bits per heavy atom. The van der Waals surface area contributed by atoms with Crippen molar-refractivity contribution in [1.82, 2.24) is 8.69 Å². The molecule has 0 amide bonds. The van der Waals surface area contributed by atoms with Crippen LogP contribution in [0.4, 0.5) is 13.2 Å². The molecule has 2 atom stereocenters. The van der Waals surface area contributed by atoms with Crippen LogP contribution in [-0.4, -0.2) is 37.6 Å². The number of sulfone groups is 1. The molecule has 8 nitrogen and oxygen atoms in total. The lowest BCUT2D eigenvalue weighted by molar-refractivity contribution is -0.0396. The van der Waals surface area contributed by atoms with Gasteiger partial charge in [0.1, 0.15) is 5.75 Å². The van der Waals surface area contributed by atoms with E-state index < -0.39 is 47.4 Å². The Hall–Kier alpha value is -3.20. The summed E-state index contributed by atoms with van der Waals surface area (Å²) >= 11 is 0. The standard InChI is InChI=1S/C24H21F3N2O6S3/c1-16(28-36(30)24(25,26)27)17-7-11-20(12-8-17)37(31,32)23-15-18-5-3-4-6-22(18)29(23)38(33,34)21-13-9-19(35-2)10-14-21/h3-16,28H,1-2H3/t16-,36?/m0/s1. The number of aromatic nitrogens is 1. The summed E-state index contributed by atoms with van der Waals surface area (Å²) in [5.74, 6) is 0.414. The van der Waals surface area contributed by atoms with Crippen LogP contribution >= 0.6 is 0 Å². The van der Waals surface area contributed by atoms with E-state index in [-0.39, 0.29) is 20.9 Å². The van der Waals surface area contributed by atoms with Gasteiger partial charge in [-0.1, -0.05) is 30.3 Å².